The van der Waals surface area contributed by atoms with Gasteiger partial charge in [-0.25, -0.2) is 4.79 Å². The summed E-state index contributed by atoms with van der Waals surface area (Å²) in [6, 6.07) is 7.48. The number of carbonyl (C=O) groups is 2. The lowest BCUT2D eigenvalue weighted by atomic mass is 10.1. The summed E-state index contributed by atoms with van der Waals surface area (Å²) in [5, 5.41) is 11.7. The Labute approximate surface area is 118 Å². The van der Waals surface area contributed by atoms with Crippen LogP contribution in [0.2, 0.25) is 0 Å². The van der Waals surface area contributed by atoms with Crippen molar-refractivity contribution in [2.45, 2.75) is 45.3 Å². The van der Waals surface area contributed by atoms with Crippen LogP contribution < -0.4 is 5.32 Å². The molecule has 1 atom stereocenters. The molecule has 108 valence electrons. The first-order valence-electron chi connectivity index (χ1n) is 6.94. The minimum absolute atomic E-state index is 0.0274. The van der Waals surface area contributed by atoms with Crippen LogP contribution in [0.3, 0.4) is 0 Å². The molecule has 1 unspecified atom stereocenters. The monoisotopic (exact) mass is 276 g/mol. The molecule has 2 rings (SSSR count). The maximum absolute atomic E-state index is 12.2. The van der Waals surface area contributed by atoms with Crippen LogP contribution in [-0.2, 0) is 17.9 Å². The zero-order valence-electron chi connectivity index (χ0n) is 11.6. The molecule has 5 nitrogen and oxygen atoms in total. The van der Waals surface area contributed by atoms with Gasteiger partial charge in [0, 0.05) is 19.1 Å². The molecule has 0 saturated heterocycles. The first-order valence-corrected chi connectivity index (χ1v) is 6.94. The van der Waals surface area contributed by atoms with Crippen molar-refractivity contribution in [3.63, 3.8) is 0 Å². The summed E-state index contributed by atoms with van der Waals surface area (Å²) >= 11 is 0. The largest absolute Gasteiger partial charge is 0.481 e. The van der Waals surface area contributed by atoms with Crippen LogP contribution >= 0.6 is 0 Å². The zero-order valence-corrected chi connectivity index (χ0v) is 11.6. The van der Waals surface area contributed by atoms with Gasteiger partial charge in [0.25, 0.3) is 0 Å². The van der Waals surface area contributed by atoms with Crippen molar-refractivity contribution < 1.29 is 14.7 Å². The fraction of sp³-hybridized carbons (Fsp3) is 0.467. The third-order valence-corrected chi connectivity index (χ3v) is 3.51. The minimum atomic E-state index is -0.881. The van der Waals surface area contributed by atoms with E-state index in [9.17, 15) is 9.59 Å². The summed E-state index contributed by atoms with van der Waals surface area (Å²) in [6.45, 7) is 3.16. The smallest absolute Gasteiger partial charge is 0.318 e. The van der Waals surface area contributed by atoms with Gasteiger partial charge in [0.05, 0.1) is 6.42 Å². The number of hydrogen-bond acceptors (Lipinski definition) is 2. The molecule has 1 aliphatic heterocycles. The molecule has 0 radical (unpaired) electrons. The van der Waals surface area contributed by atoms with Crippen LogP contribution in [0.25, 0.3) is 0 Å². The summed E-state index contributed by atoms with van der Waals surface area (Å²) in [4.78, 5) is 24.7. The Bertz CT molecular complexity index is 477. The van der Waals surface area contributed by atoms with Crippen LogP contribution in [0.5, 0.6) is 0 Å². The molecule has 1 heterocycles. The number of fused-ring (bicyclic) bond motifs is 1. The van der Waals surface area contributed by atoms with E-state index in [1.54, 1.807) is 4.90 Å². The quantitative estimate of drug-likeness (QED) is 0.867. The standard InChI is InChI=1S/C15H20N2O3/c1-2-5-13(8-14(18)19)16-15(20)17-9-11-6-3-4-7-12(11)10-17/h3-4,6-7,13H,2,5,8-10H2,1H3,(H,16,20)(H,18,19). The number of rotatable bonds is 5. The van der Waals surface area contributed by atoms with Gasteiger partial charge in [0.2, 0.25) is 0 Å². The Morgan fingerprint density at radius 2 is 1.90 bits per heavy atom. The maximum Gasteiger partial charge on any atom is 0.318 e. The summed E-state index contributed by atoms with van der Waals surface area (Å²) in [5.74, 6) is -0.881. The number of hydrogen-bond donors (Lipinski definition) is 2. The van der Waals surface area contributed by atoms with E-state index in [1.165, 1.54) is 0 Å². The van der Waals surface area contributed by atoms with Crippen molar-refractivity contribution >= 4 is 12.0 Å². The van der Waals surface area contributed by atoms with Gasteiger partial charge < -0.3 is 15.3 Å². The van der Waals surface area contributed by atoms with E-state index < -0.39 is 5.97 Å². The predicted molar refractivity (Wildman–Crippen MR) is 75.2 cm³/mol. The highest BCUT2D eigenvalue weighted by molar-refractivity contribution is 5.76. The van der Waals surface area contributed by atoms with Gasteiger partial charge >= 0.3 is 12.0 Å². The third kappa shape index (κ3) is 3.50. The number of carbonyl (C=O) groups excluding carboxylic acids is 1. The second kappa shape index (κ2) is 6.41. The maximum atomic E-state index is 12.2. The molecule has 2 amide bonds. The lowest BCUT2D eigenvalue weighted by Crippen LogP contribution is -2.43. The van der Waals surface area contributed by atoms with E-state index in [2.05, 4.69) is 5.32 Å². The second-order valence-electron chi connectivity index (χ2n) is 5.16. The summed E-state index contributed by atoms with van der Waals surface area (Å²) in [6.07, 6.45) is 1.50. The molecule has 2 N–H and O–H groups in total. The summed E-state index contributed by atoms with van der Waals surface area (Å²) < 4.78 is 0. The normalized spacial score (nSPS) is 14.8. The third-order valence-electron chi connectivity index (χ3n) is 3.51. The molecule has 0 aromatic heterocycles. The molecule has 1 aromatic rings. The Hall–Kier alpha value is -2.04. The van der Waals surface area contributed by atoms with Gasteiger partial charge in [-0.05, 0) is 17.5 Å². The molecule has 0 saturated carbocycles. The average molecular weight is 276 g/mol. The van der Waals surface area contributed by atoms with Crippen molar-refractivity contribution in [3.05, 3.63) is 35.4 Å². The van der Waals surface area contributed by atoms with Crippen LogP contribution in [0.1, 0.15) is 37.3 Å². The first-order chi connectivity index (χ1) is 9.60. The van der Waals surface area contributed by atoms with Gasteiger partial charge in [-0.2, -0.15) is 0 Å². The lowest BCUT2D eigenvalue weighted by Gasteiger charge is -2.21. The Kier molecular flexibility index (Phi) is 4.61. The predicted octanol–water partition coefficient (Wildman–Crippen LogP) is 2.36. The highest BCUT2D eigenvalue weighted by atomic mass is 16.4. The van der Waals surface area contributed by atoms with E-state index in [1.807, 2.05) is 31.2 Å². The van der Waals surface area contributed by atoms with Gasteiger partial charge in [-0.15, -0.1) is 0 Å². The number of nitrogens with zero attached hydrogens (tertiary/aromatic N) is 1. The molecule has 0 spiro atoms. The van der Waals surface area contributed by atoms with Crippen LogP contribution in [0.4, 0.5) is 4.79 Å². The highest BCUT2D eigenvalue weighted by Gasteiger charge is 2.25. The highest BCUT2D eigenvalue weighted by Crippen LogP contribution is 2.22. The van der Waals surface area contributed by atoms with Gasteiger partial charge in [-0.3, -0.25) is 4.79 Å². The lowest BCUT2D eigenvalue weighted by molar-refractivity contribution is -0.137. The summed E-state index contributed by atoms with van der Waals surface area (Å²) in [7, 11) is 0. The fourth-order valence-corrected chi connectivity index (χ4v) is 2.53. The van der Waals surface area contributed by atoms with Crippen LogP contribution in [-0.4, -0.2) is 28.0 Å². The molecule has 0 fully saturated rings. The molecular weight excluding hydrogens is 256 g/mol. The number of amides is 2. The minimum Gasteiger partial charge on any atom is -0.481 e. The number of urea groups is 1. The van der Waals surface area contributed by atoms with E-state index >= 15 is 0 Å². The number of aliphatic carboxylic acids is 1. The summed E-state index contributed by atoms with van der Waals surface area (Å²) in [5.41, 5.74) is 2.32. The van der Waals surface area contributed by atoms with Crippen molar-refractivity contribution in [1.82, 2.24) is 10.2 Å². The van der Waals surface area contributed by atoms with Crippen LogP contribution in [0, 0.1) is 0 Å². The molecule has 20 heavy (non-hydrogen) atoms. The molecule has 0 aliphatic carbocycles. The van der Waals surface area contributed by atoms with Gasteiger partial charge in [0.15, 0.2) is 0 Å². The SMILES string of the molecule is CCCC(CC(=O)O)NC(=O)N1Cc2ccccc2C1. The fourth-order valence-electron chi connectivity index (χ4n) is 2.53. The first kappa shape index (κ1) is 14.4. The topological polar surface area (TPSA) is 69.6 Å². The Morgan fingerprint density at radius 3 is 2.40 bits per heavy atom. The molecule has 1 aromatic carbocycles. The van der Waals surface area contributed by atoms with Gasteiger partial charge in [-0.1, -0.05) is 37.6 Å². The number of carboxylic acid groups (broad SMARTS) is 1. The van der Waals surface area contributed by atoms with Crippen molar-refractivity contribution in [2.24, 2.45) is 0 Å². The van der Waals surface area contributed by atoms with Crippen molar-refractivity contribution in [3.8, 4) is 0 Å². The molecular formula is C15H20N2O3. The molecule has 5 heteroatoms. The number of nitrogens with one attached hydrogen (secondary N) is 1. The molecule has 1 aliphatic rings. The number of carboxylic acids is 1. The Morgan fingerprint density at radius 1 is 1.30 bits per heavy atom. The second-order valence-corrected chi connectivity index (χ2v) is 5.16. The number of benzene rings is 1. The van der Waals surface area contributed by atoms with E-state index in [4.69, 9.17) is 5.11 Å². The van der Waals surface area contributed by atoms with E-state index in [0.717, 1.165) is 17.5 Å². The average Bonchev–Trinajstić information content (AvgIpc) is 2.82. The van der Waals surface area contributed by atoms with Crippen LogP contribution in [0.15, 0.2) is 24.3 Å². The van der Waals surface area contributed by atoms with Gasteiger partial charge in [0.1, 0.15) is 0 Å². The van der Waals surface area contributed by atoms with E-state index in [0.29, 0.717) is 19.5 Å². The van der Waals surface area contributed by atoms with E-state index in [-0.39, 0.29) is 18.5 Å². The zero-order chi connectivity index (χ0) is 14.5. The van der Waals surface area contributed by atoms with Crippen molar-refractivity contribution in [1.29, 1.82) is 0 Å². The van der Waals surface area contributed by atoms with Crippen molar-refractivity contribution in [2.75, 3.05) is 0 Å². The molecule has 0 bridgehead atoms. The Balaban J connectivity index is 1.93.